The summed E-state index contributed by atoms with van der Waals surface area (Å²) >= 11 is 11.6. The van der Waals surface area contributed by atoms with Gasteiger partial charge in [0.15, 0.2) is 0 Å². The van der Waals surface area contributed by atoms with Gasteiger partial charge in [-0.2, -0.15) is 0 Å². The molecule has 0 saturated carbocycles. The van der Waals surface area contributed by atoms with Gasteiger partial charge in [0, 0.05) is 24.8 Å². The Bertz CT molecular complexity index is 594. The number of carbonyl (C=O) groups excluding carboxylic acids is 1. The van der Waals surface area contributed by atoms with E-state index in [9.17, 15) is 4.79 Å². The van der Waals surface area contributed by atoms with Gasteiger partial charge in [0.05, 0.1) is 0 Å². The first kappa shape index (κ1) is 18.8. The summed E-state index contributed by atoms with van der Waals surface area (Å²) < 4.78 is 6.09. The molecule has 0 saturated heterocycles. The minimum atomic E-state index is -2.66. The number of benzene rings is 2. The highest BCUT2D eigenvalue weighted by Gasteiger charge is 2.38. The van der Waals surface area contributed by atoms with Crippen molar-refractivity contribution in [3.05, 3.63) is 60.7 Å². The molecule has 0 aliphatic rings. The molecule has 0 atom stereocenters. The molecule has 0 aromatic heterocycles. The van der Waals surface area contributed by atoms with E-state index in [1.54, 1.807) is 4.90 Å². The van der Waals surface area contributed by atoms with E-state index in [1.165, 1.54) is 0 Å². The molecule has 0 radical (unpaired) electrons. The summed E-state index contributed by atoms with van der Waals surface area (Å²) in [6, 6.07) is 19.8. The SMILES string of the molecule is C[Si](OC(=O)N(CCCl)CCCl)(c1ccccc1)c1ccccc1. The highest BCUT2D eigenvalue weighted by Crippen LogP contribution is 2.10. The minimum absolute atomic E-state index is 0.348. The van der Waals surface area contributed by atoms with Crippen LogP contribution in [0.3, 0.4) is 0 Å². The number of hydrogen-bond donors (Lipinski definition) is 0. The lowest BCUT2D eigenvalue weighted by Crippen LogP contribution is -2.60. The van der Waals surface area contributed by atoms with Gasteiger partial charge in [-0.05, 0) is 16.9 Å². The zero-order valence-corrected chi connectivity index (χ0v) is 16.1. The van der Waals surface area contributed by atoms with Crippen molar-refractivity contribution in [1.82, 2.24) is 4.90 Å². The molecule has 2 aromatic carbocycles. The third kappa shape index (κ3) is 4.53. The molecule has 0 aliphatic heterocycles. The first-order valence-electron chi connectivity index (χ1n) is 7.82. The molecule has 2 rings (SSSR count). The largest absolute Gasteiger partial charge is 0.495 e. The number of halogens is 2. The predicted molar refractivity (Wildman–Crippen MR) is 103 cm³/mol. The van der Waals surface area contributed by atoms with Crippen molar-refractivity contribution in [2.24, 2.45) is 0 Å². The number of amides is 1. The van der Waals surface area contributed by atoms with Crippen molar-refractivity contribution in [3.63, 3.8) is 0 Å². The Labute approximate surface area is 154 Å². The molecule has 0 N–H and O–H groups in total. The van der Waals surface area contributed by atoms with E-state index in [0.29, 0.717) is 24.8 Å². The topological polar surface area (TPSA) is 29.5 Å². The molecule has 24 heavy (non-hydrogen) atoms. The van der Waals surface area contributed by atoms with Gasteiger partial charge in [0.2, 0.25) is 0 Å². The van der Waals surface area contributed by atoms with Crippen LogP contribution in [0.2, 0.25) is 6.55 Å². The highest BCUT2D eigenvalue weighted by molar-refractivity contribution is 6.97. The summed E-state index contributed by atoms with van der Waals surface area (Å²) in [6.07, 6.45) is -0.363. The summed E-state index contributed by atoms with van der Waals surface area (Å²) in [7, 11) is -2.66. The second-order valence-electron chi connectivity index (χ2n) is 5.50. The summed E-state index contributed by atoms with van der Waals surface area (Å²) in [4.78, 5) is 14.3. The third-order valence-corrected chi connectivity index (χ3v) is 7.70. The van der Waals surface area contributed by atoms with Gasteiger partial charge in [-0.15, -0.1) is 23.2 Å². The molecule has 128 valence electrons. The lowest BCUT2D eigenvalue weighted by atomic mass is 10.4. The first-order valence-corrected chi connectivity index (χ1v) is 11.3. The van der Waals surface area contributed by atoms with E-state index >= 15 is 0 Å². The van der Waals surface area contributed by atoms with E-state index in [1.807, 2.05) is 67.2 Å². The Morgan fingerprint density at radius 2 is 1.33 bits per heavy atom. The van der Waals surface area contributed by atoms with Crippen molar-refractivity contribution >= 4 is 48.0 Å². The summed E-state index contributed by atoms with van der Waals surface area (Å²) in [6.45, 7) is 2.87. The van der Waals surface area contributed by atoms with Crippen molar-refractivity contribution in [3.8, 4) is 0 Å². The van der Waals surface area contributed by atoms with Gasteiger partial charge in [0.1, 0.15) is 0 Å². The number of carbonyl (C=O) groups is 1. The third-order valence-electron chi connectivity index (χ3n) is 3.91. The Morgan fingerprint density at radius 1 is 0.917 bits per heavy atom. The van der Waals surface area contributed by atoms with E-state index in [0.717, 1.165) is 10.4 Å². The Morgan fingerprint density at radius 3 is 1.71 bits per heavy atom. The fourth-order valence-electron chi connectivity index (χ4n) is 2.53. The van der Waals surface area contributed by atoms with Crippen LogP contribution in [0.15, 0.2) is 60.7 Å². The average Bonchev–Trinajstić information content (AvgIpc) is 2.63. The van der Waals surface area contributed by atoms with Gasteiger partial charge < -0.3 is 9.33 Å². The van der Waals surface area contributed by atoms with E-state index in [-0.39, 0.29) is 6.09 Å². The fourth-order valence-corrected chi connectivity index (χ4v) is 5.65. The predicted octanol–water partition coefficient (Wildman–Crippen LogP) is 3.29. The van der Waals surface area contributed by atoms with Crippen molar-refractivity contribution in [2.75, 3.05) is 24.8 Å². The van der Waals surface area contributed by atoms with Gasteiger partial charge >= 0.3 is 14.4 Å². The molecule has 0 aliphatic carbocycles. The van der Waals surface area contributed by atoms with Gasteiger partial charge in [-0.3, -0.25) is 0 Å². The molecule has 0 unspecified atom stereocenters. The summed E-state index contributed by atoms with van der Waals surface area (Å²) in [5.41, 5.74) is 0. The second kappa shape index (κ2) is 9.11. The zero-order valence-electron chi connectivity index (χ0n) is 13.6. The van der Waals surface area contributed by atoms with Gasteiger partial charge in [0.25, 0.3) is 0 Å². The Balaban J connectivity index is 2.35. The normalized spacial score (nSPS) is 11.1. The molecule has 6 heteroatoms. The lowest BCUT2D eigenvalue weighted by molar-refractivity contribution is 0.157. The summed E-state index contributed by atoms with van der Waals surface area (Å²) in [5, 5.41) is 2.09. The molecule has 3 nitrogen and oxygen atoms in total. The molecular weight excluding hydrogens is 361 g/mol. The number of nitrogens with zero attached hydrogens (tertiary/aromatic N) is 1. The minimum Gasteiger partial charge on any atom is -0.495 e. The highest BCUT2D eigenvalue weighted by atomic mass is 35.5. The van der Waals surface area contributed by atoms with Crippen LogP contribution in [0, 0.1) is 0 Å². The van der Waals surface area contributed by atoms with Crippen LogP contribution >= 0.6 is 23.2 Å². The van der Waals surface area contributed by atoms with Crippen LogP contribution in [-0.4, -0.2) is 44.2 Å². The molecule has 2 aromatic rings. The number of alkyl halides is 2. The van der Waals surface area contributed by atoms with Crippen LogP contribution in [0.1, 0.15) is 0 Å². The summed E-state index contributed by atoms with van der Waals surface area (Å²) in [5.74, 6) is 0.696. The Hall–Kier alpha value is -1.49. The van der Waals surface area contributed by atoms with Crippen LogP contribution in [0.25, 0.3) is 0 Å². The quantitative estimate of drug-likeness (QED) is 0.543. The lowest BCUT2D eigenvalue weighted by Gasteiger charge is -2.31. The van der Waals surface area contributed by atoms with Crippen LogP contribution in [0.4, 0.5) is 4.79 Å². The molecule has 0 fully saturated rings. The van der Waals surface area contributed by atoms with E-state index < -0.39 is 8.32 Å². The second-order valence-corrected chi connectivity index (χ2v) is 9.68. The Kier molecular flexibility index (Phi) is 7.15. The van der Waals surface area contributed by atoms with Gasteiger partial charge in [-0.1, -0.05) is 60.7 Å². The fraction of sp³-hybridized carbons (Fsp3) is 0.278. The molecular formula is C18H21Cl2NO2Si. The maximum absolute atomic E-state index is 12.7. The molecule has 1 amide bonds. The molecule has 0 heterocycles. The van der Waals surface area contributed by atoms with Crippen molar-refractivity contribution < 1.29 is 9.22 Å². The van der Waals surface area contributed by atoms with E-state index in [4.69, 9.17) is 27.6 Å². The van der Waals surface area contributed by atoms with Crippen LogP contribution in [0.5, 0.6) is 0 Å². The monoisotopic (exact) mass is 381 g/mol. The van der Waals surface area contributed by atoms with Gasteiger partial charge in [-0.25, -0.2) is 4.79 Å². The van der Waals surface area contributed by atoms with Crippen LogP contribution < -0.4 is 10.4 Å². The van der Waals surface area contributed by atoms with Crippen molar-refractivity contribution in [2.45, 2.75) is 6.55 Å². The number of hydrogen-bond acceptors (Lipinski definition) is 2. The smallest absolute Gasteiger partial charge is 0.396 e. The zero-order chi connectivity index (χ0) is 17.4. The maximum Gasteiger partial charge on any atom is 0.396 e. The molecule has 0 bridgehead atoms. The van der Waals surface area contributed by atoms with Crippen molar-refractivity contribution in [1.29, 1.82) is 0 Å². The average molecular weight is 382 g/mol. The number of rotatable bonds is 7. The standard InChI is InChI=1S/C18H21Cl2NO2Si/c1-24(16-8-4-2-5-9-16,17-10-6-3-7-11-17)23-18(22)21(14-12-19)15-13-20/h2-11H,12-15H2,1H3. The maximum atomic E-state index is 12.7. The van der Waals surface area contributed by atoms with E-state index in [2.05, 4.69) is 0 Å². The molecule has 0 spiro atoms. The first-order chi connectivity index (χ1) is 11.6. The van der Waals surface area contributed by atoms with Crippen LogP contribution in [-0.2, 0) is 4.43 Å².